The molecule has 0 amide bonds. The summed E-state index contributed by atoms with van der Waals surface area (Å²) in [5, 5.41) is 10.9. The Labute approximate surface area is 277 Å². The van der Waals surface area contributed by atoms with Crippen LogP contribution in [0.25, 0.3) is 0 Å². The van der Waals surface area contributed by atoms with Crippen molar-refractivity contribution in [2.45, 2.75) is 127 Å². The molecule has 7 atom stereocenters. The van der Waals surface area contributed by atoms with Gasteiger partial charge in [0.2, 0.25) is 0 Å². The number of rotatable bonds is 18. The second kappa shape index (κ2) is 16.3. The number of ether oxygens (including phenoxy) is 1. The van der Waals surface area contributed by atoms with Crippen molar-refractivity contribution in [1.29, 1.82) is 0 Å². The predicted octanol–water partition coefficient (Wildman–Crippen LogP) is 8.42. The minimum Gasteiger partial charge on any atom is -0.467 e. The van der Waals surface area contributed by atoms with Crippen molar-refractivity contribution in [3.8, 4) is 5.75 Å². The quantitative estimate of drug-likeness (QED) is 0.0605. The Morgan fingerprint density at radius 3 is 2.30 bits per heavy atom. The SMILES string of the molecule is C[C@]12CCC3c4ccc(OCOP(=O)(O)O)cc4C[C@@H](CCCCCCCCCS(=O)CCCC(F)(F)C(F)(F)F)[C@H]3[C@@H]1CC[C@@H]2O. The monoisotopic (exact) mass is 716 g/mol. The van der Waals surface area contributed by atoms with Crippen molar-refractivity contribution in [3.63, 3.8) is 0 Å². The van der Waals surface area contributed by atoms with E-state index in [4.69, 9.17) is 14.5 Å². The number of hydrogen-bond acceptors (Lipinski definition) is 5. The van der Waals surface area contributed by atoms with Gasteiger partial charge in [0, 0.05) is 28.7 Å². The van der Waals surface area contributed by atoms with Gasteiger partial charge < -0.3 is 19.6 Å². The van der Waals surface area contributed by atoms with Crippen LogP contribution in [0.1, 0.15) is 114 Å². The van der Waals surface area contributed by atoms with Gasteiger partial charge >= 0.3 is 19.9 Å². The number of aliphatic hydroxyl groups excluding tert-OH is 1. The zero-order valence-corrected chi connectivity index (χ0v) is 28.8. The molecular weight excluding hydrogens is 666 g/mol. The lowest BCUT2D eigenvalue weighted by Crippen LogP contribution is -2.47. The fourth-order valence-electron chi connectivity index (χ4n) is 8.53. The lowest BCUT2D eigenvalue weighted by atomic mass is 9.52. The number of phosphoric acid groups is 1. The molecule has 0 bridgehead atoms. The molecule has 2 saturated carbocycles. The molecule has 3 N–H and O–H groups in total. The van der Waals surface area contributed by atoms with Crippen LogP contribution in [0.2, 0.25) is 0 Å². The number of fused-ring (bicyclic) bond motifs is 5. The maximum Gasteiger partial charge on any atom is 0.472 e. The van der Waals surface area contributed by atoms with Gasteiger partial charge in [0.25, 0.3) is 0 Å². The zero-order valence-electron chi connectivity index (χ0n) is 27.1. The van der Waals surface area contributed by atoms with Gasteiger partial charge in [-0.05, 0) is 104 Å². The Morgan fingerprint density at radius 1 is 0.957 bits per heavy atom. The Balaban J connectivity index is 1.22. The molecule has 1 aromatic rings. The summed E-state index contributed by atoms with van der Waals surface area (Å²) in [7, 11) is -6.02. The van der Waals surface area contributed by atoms with Crippen molar-refractivity contribution >= 4 is 18.6 Å². The number of hydrogen-bond donors (Lipinski definition) is 3. The second-order valence-electron chi connectivity index (χ2n) is 14.1. The van der Waals surface area contributed by atoms with Gasteiger partial charge in [-0.3, -0.25) is 4.21 Å². The Hall–Kier alpha value is -1.11. The number of alkyl halides is 5. The van der Waals surface area contributed by atoms with Crippen LogP contribution >= 0.6 is 7.82 Å². The molecule has 2 unspecified atom stereocenters. The molecular formula is C33H50F5O7PS. The van der Waals surface area contributed by atoms with Gasteiger partial charge in [-0.2, -0.15) is 22.0 Å². The Bertz CT molecular complexity index is 1240. The van der Waals surface area contributed by atoms with Crippen LogP contribution in [0.4, 0.5) is 22.0 Å². The molecule has 2 fully saturated rings. The first-order valence-electron chi connectivity index (χ1n) is 16.9. The average molecular weight is 717 g/mol. The van der Waals surface area contributed by atoms with E-state index in [-0.39, 0.29) is 17.3 Å². The summed E-state index contributed by atoms with van der Waals surface area (Å²) in [6, 6.07) is 5.91. The van der Waals surface area contributed by atoms with E-state index in [0.717, 1.165) is 77.0 Å². The Morgan fingerprint density at radius 2 is 1.62 bits per heavy atom. The first-order chi connectivity index (χ1) is 22.0. The largest absolute Gasteiger partial charge is 0.472 e. The third-order valence-corrected chi connectivity index (χ3v) is 12.9. The minimum absolute atomic E-state index is 0.0579. The van der Waals surface area contributed by atoms with E-state index in [1.807, 2.05) is 12.1 Å². The van der Waals surface area contributed by atoms with Gasteiger partial charge in [0.05, 0.1) is 6.10 Å². The van der Waals surface area contributed by atoms with E-state index in [0.29, 0.717) is 41.6 Å². The lowest BCUT2D eigenvalue weighted by molar-refractivity contribution is -0.284. The maximum absolute atomic E-state index is 13.0. The summed E-state index contributed by atoms with van der Waals surface area (Å²) in [5.41, 5.74) is 2.47. The number of phosphoric ester groups is 1. The van der Waals surface area contributed by atoms with Gasteiger partial charge in [0.15, 0.2) is 6.79 Å². The van der Waals surface area contributed by atoms with Crippen LogP contribution in [0, 0.1) is 23.2 Å². The summed E-state index contributed by atoms with van der Waals surface area (Å²) < 4.78 is 95.8. The molecule has 47 heavy (non-hydrogen) atoms. The van der Waals surface area contributed by atoms with Crippen molar-refractivity contribution in [2.24, 2.45) is 23.2 Å². The van der Waals surface area contributed by atoms with Crippen molar-refractivity contribution in [2.75, 3.05) is 18.3 Å². The highest BCUT2D eigenvalue weighted by molar-refractivity contribution is 7.84. The van der Waals surface area contributed by atoms with Gasteiger partial charge in [0.1, 0.15) is 5.75 Å². The summed E-state index contributed by atoms with van der Waals surface area (Å²) in [4.78, 5) is 17.9. The highest BCUT2D eigenvalue weighted by Crippen LogP contribution is 2.62. The van der Waals surface area contributed by atoms with Crippen LogP contribution in [-0.2, 0) is 26.3 Å². The molecule has 270 valence electrons. The van der Waals surface area contributed by atoms with Gasteiger partial charge in [-0.25, -0.2) is 9.09 Å². The van der Waals surface area contributed by atoms with Crippen LogP contribution in [-0.4, -0.2) is 55.6 Å². The summed E-state index contributed by atoms with van der Waals surface area (Å²) in [6.45, 7) is 1.72. The molecule has 7 nitrogen and oxygen atoms in total. The molecule has 0 heterocycles. The molecule has 0 aromatic heterocycles. The number of unbranched alkanes of at least 4 members (excludes halogenated alkanes) is 6. The predicted molar refractivity (Wildman–Crippen MR) is 170 cm³/mol. The molecule has 0 aliphatic heterocycles. The van der Waals surface area contributed by atoms with Crippen LogP contribution in [0.3, 0.4) is 0 Å². The van der Waals surface area contributed by atoms with Gasteiger partial charge in [-0.1, -0.05) is 51.5 Å². The maximum atomic E-state index is 13.0. The van der Waals surface area contributed by atoms with E-state index in [9.17, 15) is 35.8 Å². The smallest absolute Gasteiger partial charge is 0.467 e. The zero-order chi connectivity index (χ0) is 34.5. The third kappa shape index (κ3) is 10.2. The second-order valence-corrected chi connectivity index (χ2v) is 17.0. The van der Waals surface area contributed by atoms with Crippen molar-refractivity contribution in [1.82, 2.24) is 0 Å². The highest BCUT2D eigenvalue weighted by Gasteiger charge is 2.57. The van der Waals surface area contributed by atoms with Crippen LogP contribution in [0.15, 0.2) is 18.2 Å². The first kappa shape index (κ1) is 38.7. The van der Waals surface area contributed by atoms with E-state index in [2.05, 4.69) is 17.5 Å². The molecule has 3 aliphatic carbocycles. The summed E-state index contributed by atoms with van der Waals surface area (Å²) in [5.74, 6) is -2.23. The molecule has 14 heteroatoms. The minimum atomic E-state index is -5.56. The first-order valence-corrected chi connectivity index (χ1v) is 20.0. The highest BCUT2D eigenvalue weighted by atomic mass is 32.2. The van der Waals surface area contributed by atoms with E-state index < -0.39 is 50.4 Å². The summed E-state index contributed by atoms with van der Waals surface area (Å²) >= 11 is 0. The number of halogens is 5. The number of benzene rings is 1. The molecule has 1 aromatic carbocycles. The van der Waals surface area contributed by atoms with Crippen molar-refractivity contribution in [3.05, 3.63) is 29.3 Å². The molecule has 4 rings (SSSR count). The van der Waals surface area contributed by atoms with Crippen LogP contribution in [0.5, 0.6) is 5.75 Å². The third-order valence-electron chi connectivity index (χ3n) is 11.0. The molecule has 0 spiro atoms. The number of aliphatic hydroxyl groups is 1. The normalized spacial score (nSPS) is 28.4. The fraction of sp³-hybridized carbons (Fsp3) is 0.818. The molecule has 3 aliphatic rings. The standard InChI is InChI=1S/C33H50F5O7PS/c1-31-17-15-27-26-12-11-25(44-22-45-46(40,41)42)21-24(26)20-23(30(27)28(31)13-14-29(31)39)10-7-5-3-2-4-6-8-18-47(43)19-9-16-32(34,35)33(36,37)38/h11-12,21,23,27-30,39H,2-10,13-20,22H2,1H3,(H2,40,41,42)/t23-,27?,28+,29+,30-,31+,47?/m1/s1. The van der Waals surface area contributed by atoms with Crippen LogP contribution < -0.4 is 4.74 Å². The average Bonchev–Trinajstić information content (AvgIpc) is 3.28. The van der Waals surface area contributed by atoms with Crippen molar-refractivity contribution < 1.29 is 54.9 Å². The topological polar surface area (TPSA) is 113 Å². The van der Waals surface area contributed by atoms with Gasteiger partial charge in [-0.15, -0.1) is 0 Å². The molecule has 0 radical (unpaired) electrons. The Kier molecular flexibility index (Phi) is 13.4. The van der Waals surface area contributed by atoms with E-state index >= 15 is 0 Å². The fourth-order valence-corrected chi connectivity index (χ4v) is 9.91. The van der Waals surface area contributed by atoms with E-state index in [1.54, 1.807) is 0 Å². The van der Waals surface area contributed by atoms with E-state index in [1.165, 1.54) is 11.1 Å². The lowest BCUT2D eigenvalue weighted by Gasteiger charge is -2.53. The summed E-state index contributed by atoms with van der Waals surface area (Å²) in [6.07, 6.45) is 4.97. The molecule has 0 saturated heterocycles.